The fraction of sp³-hybridized carbons (Fsp3) is 0.571. The highest BCUT2D eigenvalue weighted by atomic mass is 32.2. The number of nitrogens with one attached hydrogen (secondary N) is 4. The first-order valence-electron chi connectivity index (χ1n) is 13.7. The van der Waals surface area contributed by atoms with Gasteiger partial charge < -0.3 is 31.1 Å². The van der Waals surface area contributed by atoms with Crippen LogP contribution >= 0.6 is 11.8 Å². The summed E-state index contributed by atoms with van der Waals surface area (Å²) < 4.78 is 0. The van der Waals surface area contributed by atoms with Crippen LogP contribution in [0.4, 0.5) is 5.69 Å². The molecule has 0 aromatic heterocycles. The van der Waals surface area contributed by atoms with Crippen LogP contribution < -0.4 is 21.3 Å². The Hall–Kier alpha value is -3.23. The molecule has 212 valence electrons. The van der Waals surface area contributed by atoms with Crippen LogP contribution in [0.25, 0.3) is 0 Å². The van der Waals surface area contributed by atoms with E-state index in [-0.39, 0.29) is 17.5 Å². The molecule has 2 heterocycles. The van der Waals surface area contributed by atoms with Crippen LogP contribution in [-0.2, 0) is 9.59 Å². The first-order chi connectivity index (χ1) is 18.7. The van der Waals surface area contributed by atoms with Crippen molar-refractivity contribution in [1.29, 1.82) is 5.26 Å². The summed E-state index contributed by atoms with van der Waals surface area (Å²) in [4.78, 5) is 42.9. The summed E-state index contributed by atoms with van der Waals surface area (Å²) in [7, 11) is 1.63. The standard InChI is InChI=1S/C28H41N7O3S/c1-5-28(3,19-29)33-25(37)23(30-4)27-35(6-2)26(38)22(39-27)18-32-21-12-9-11-20(17-21)24(36)31-13-10-16-34-14-7-8-15-34/h9,11-12,17,22,30,32H,5-8,10,13-16,18H2,1-4H3,(H,31,36)(H,33,37)/b27-23+. The van der Waals surface area contributed by atoms with Gasteiger partial charge in [-0.1, -0.05) is 24.8 Å². The number of hydrogen-bond acceptors (Lipinski definition) is 8. The van der Waals surface area contributed by atoms with Gasteiger partial charge in [-0.25, -0.2) is 0 Å². The molecule has 1 aromatic rings. The normalized spacial score (nSPS) is 20.2. The minimum atomic E-state index is -1.00. The fourth-order valence-corrected chi connectivity index (χ4v) is 5.89. The summed E-state index contributed by atoms with van der Waals surface area (Å²) >= 11 is 1.31. The maximum atomic E-state index is 13.2. The Bertz CT molecular complexity index is 1110. The number of hydrogen-bond donors (Lipinski definition) is 4. The Labute approximate surface area is 235 Å². The van der Waals surface area contributed by atoms with Gasteiger partial charge in [-0.3, -0.25) is 14.4 Å². The molecule has 11 heteroatoms. The van der Waals surface area contributed by atoms with E-state index < -0.39 is 16.7 Å². The second-order valence-electron chi connectivity index (χ2n) is 9.99. The summed E-state index contributed by atoms with van der Waals surface area (Å²) in [5.41, 5.74) is 0.563. The van der Waals surface area contributed by atoms with E-state index in [0.29, 0.717) is 36.6 Å². The van der Waals surface area contributed by atoms with E-state index in [1.165, 1.54) is 24.6 Å². The van der Waals surface area contributed by atoms with E-state index in [9.17, 15) is 19.6 Å². The number of nitrogens with zero attached hydrogens (tertiary/aromatic N) is 3. The maximum Gasteiger partial charge on any atom is 0.271 e. The first kappa shape index (κ1) is 30.3. The molecule has 3 rings (SSSR count). The smallest absolute Gasteiger partial charge is 0.271 e. The number of rotatable bonds is 13. The lowest BCUT2D eigenvalue weighted by molar-refractivity contribution is -0.127. The van der Waals surface area contributed by atoms with Gasteiger partial charge in [-0.15, -0.1) is 0 Å². The predicted octanol–water partition coefficient (Wildman–Crippen LogP) is 2.48. The summed E-state index contributed by atoms with van der Waals surface area (Å²) in [6, 6.07) is 9.38. The van der Waals surface area contributed by atoms with E-state index in [2.05, 4.69) is 32.2 Å². The van der Waals surface area contributed by atoms with Crippen molar-refractivity contribution < 1.29 is 14.4 Å². The van der Waals surface area contributed by atoms with E-state index in [1.54, 1.807) is 31.0 Å². The molecule has 10 nitrogen and oxygen atoms in total. The van der Waals surface area contributed by atoms with Crippen molar-refractivity contribution in [3.05, 3.63) is 40.6 Å². The molecule has 39 heavy (non-hydrogen) atoms. The molecule has 1 aromatic carbocycles. The number of likely N-dealkylation sites (tertiary alicyclic amines) is 1. The molecule has 0 aliphatic carbocycles. The number of amides is 3. The molecule has 2 aliphatic heterocycles. The summed E-state index contributed by atoms with van der Waals surface area (Å²) in [5, 5.41) is 21.5. The zero-order chi connectivity index (χ0) is 28.4. The molecule has 2 aliphatic rings. The zero-order valence-electron chi connectivity index (χ0n) is 23.4. The van der Waals surface area contributed by atoms with Gasteiger partial charge in [-0.05, 0) is 77.4 Å². The van der Waals surface area contributed by atoms with Crippen LogP contribution in [-0.4, -0.2) is 84.6 Å². The average molecular weight is 556 g/mol. The average Bonchev–Trinajstić information content (AvgIpc) is 3.57. The lowest BCUT2D eigenvalue weighted by Crippen LogP contribution is -2.47. The molecule has 0 saturated carbocycles. The van der Waals surface area contributed by atoms with E-state index >= 15 is 0 Å². The molecule has 0 radical (unpaired) electrons. The summed E-state index contributed by atoms with van der Waals surface area (Å²) in [5.74, 6) is -0.643. The third kappa shape index (κ3) is 7.90. The second kappa shape index (κ2) is 14.2. The van der Waals surface area contributed by atoms with Crippen LogP contribution in [0.2, 0.25) is 0 Å². The van der Waals surface area contributed by atoms with Gasteiger partial charge in [0, 0.05) is 37.9 Å². The summed E-state index contributed by atoms with van der Waals surface area (Å²) in [6.45, 7) is 10.0. The highest BCUT2D eigenvalue weighted by Gasteiger charge is 2.39. The number of carbonyl (C=O) groups is 3. The fourth-order valence-electron chi connectivity index (χ4n) is 4.56. The third-order valence-electron chi connectivity index (χ3n) is 7.14. The molecule has 2 saturated heterocycles. The topological polar surface area (TPSA) is 130 Å². The largest absolute Gasteiger partial charge is 0.383 e. The van der Waals surface area contributed by atoms with Gasteiger partial charge in [0.05, 0.1) is 6.07 Å². The maximum absolute atomic E-state index is 13.2. The highest BCUT2D eigenvalue weighted by Crippen LogP contribution is 2.37. The monoisotopic (exact) mass is 555 g/mol. The van der Waals surface area contributed by atoms with Crippen LogP contribution in [0.3, 0.4) is 0 Å². The molecule has 2 fully saturated rings. The molecule has 0 bridgehead atoms. The number of benzene rings is 1. The van der Waals surface area contributed by atoms with Crippen LogP contribution in [0.5, 0.6) is 0 Å². The van der Waals surface area contributed by atoms with Crippen molar-refractivity contribution in [2.45, 2.75) is 57.2 Å². The molecule has 4 N–H and O–H groups in total. The number of thioether (sulfide) groups is 1. The van der Waals surface area contributed by atoms with E-state index in [4.69, 9.17) is 0 Å². The van der Waals surface area contributed by atoms with Gasteiger partial charge in [0.25, 0.3) is 11.8 Å². The van der Waals surface area contributed by atoms with Crippen molar-refractivity contribution >= 4 is 35.2 Å². The Balaban J connectivity index is 1.60. The van der Waals surface area contributed by atoms with Crippen molar-refractivity contribution in [2.75, 3.05) is 51.6 Å². The molecule has 0 spiro atoms. The first-order valence-corrected chi connectivity index (χ1v) is 14.6. The van der Waals surface area contributed by atoms with Gasteiger partial charge in [0.2, 0.25) is 5.91 Å². The second-order valence-corrected chi connectivity index (χ2v) is 11.2. The van der Waals surface area contributed by atoms with Gasteiger partial charge in [0.1, 0.15) is 21.5 Å². The van der Waals surface area contributed by atoms with Crippen molar-refractivity contribution in [3.63, 3.8) is 0 Å². The number of likely N-dealkylation sites (N-methyl/N-ethyl adjacent to an activating group) is 1. The lowest BCUT2D eigenvalue weighted by Gasteiger charge is -2.24. The predicted molar refractivity (Wildman–Crippen MR) is 155 cm³/mol. The number of carbonyl (C=O) groups excluding carboxylic acids is 3. The number of nitriles is 1. The quantitative estimate of drug-likeness (QED) is 0.216. The van der Waals surface area contributed by atoms with Crippen LogP contribution in [0, 0.1) is 11.3 Å². The lowest BCUT2D eigenvalue weighted by atomic mass is 10.0. The SMILES string of the molecule is CCN1C(=O)C(CNc2cccc(C(=O)NCCCN3CCCC3)c2)S/C1=C(/NC)C(=O)NC(C)(C#N)CC. The Kier molecular flexibility index (Phi) is 11.1. The molecule has 2 atom stereocenters. The van der Waals surface area contributed by atoms with E-state index in [0.717, 1.165) is 31.7 Å². The van der Waals surface area contributed by atoms with E-state index in [1.807, 2.05) is 26.0 Å². The number of anilines is 1. The minimum Gasteiger partial charge on any atom is -0.383 e. The third-order valence-corrected chi connectivity index (χ3v) is 8.44. The minimum absolute atomic E-state index is 0.101. The van der Waals surface area contributed by atoms with Gasteiger partial charge >= 0.3 is 0 Å². The van der Waals surface area contributed by atoms with Crippen LogP contribution in [0.15, 0.2) is 35.0 Å². The van der Waals surface area contributed by atoms with Gasteiger partial charge in [-0.2, -0.15) is 5.26 Å². The molecule has 2 unspecified atom stereocenters. The molecule has 3 amide bonds. The van der Waals surface area contributed by atoms with Crippen molar-refractivity contribution in [2.24, 2.45) is 0 Å². The zero-order valence-corrected chi connectivity index (χ0v) is 24.2. The molecular formula is C28H41N7O3S. The highest BCUT2D eigenvalue weighted by molar-refractivity contribution is 8.04. The molecular weight excluding hydrogens is 514 g/mol. The Morgan fingerprint density at radius 1 is 1.23 bits per heavy atom. The Morgan fingerprint density at radius 3 is 2.62 bits per heavy atom. The Morgan fingerprint density at radius 2 is 1.97 bits per heavy atom. The van der Waals surface area contributed by atoms with Crippen molar-refractivity contribution in [1.82, 2.24) is 25.8 Å². The van der Waals surface area contributed by atoms with Crippen LogP contribution in [0.1, 0.15) is 56.8 Å². The van der Waals surface area contributed by atoms with Gasteiger partial charge in [0.15, 0.2) is 0 Å². The summed E-state index contributed by atoms with van der Waals surface area (Å²) in [6.07, 6.45) is 3.90. The van der Waals surface area contributed by atoms with Crippen molar-refractivity contribution in [3.8, 4) is 6.07 Å².